The highest BCUT2D eigenvalue weighted by Gasteiger charge is 2.17. The number of aromatic nitrogens is 3. The number of rotatable bonds is 5. The molecule has 0 saturated carbocycles. The SMILES string of the molecule is Clc1ccc(OCn2nnc(-c3ccccc3)c2-c2ccccc2)c(Cl)c1. The molecule has 0 fully saturated rings. The molecule has 0 unspecified atom stereocenters. The average Bonchev–Trinajstić information content (AvgIpc) is 3.12. The second-order valence-electron chi connectivity index (χ2n) is 5.87. The maximum atomic E-state index is 6.20. The van der Waals surface area contributed by atoms with Crippen molar-refractivity contribution in [3.8, 4) is 28.3 Å². The topological polar surface area (TPSA) is 39.9 Å². The summed E-state index contributed by atoms with van der Waals surface area (Å²) in [5, 5.41) is 9.70. The summed E-state index contributed by atoms with van der Waals surface area (Å²) in [4.78, 5) is 0. The summed E-state index contributed by atoms with van der Waals surface area (Å²) in [6.45, 7) is 0.172. The van der Waals surface area contributed by atoms with Gasteiger partial charge >= 0.3 is 0 Å². The van der Waals surface area contributed by atoms with Crippen molar-refractivity contribution in [1.82, 2.24) is 15.0 Å². The molecule has 0 N–H and O–H groups in total. The van der Waals surface area contributed by atoms with Crippen LogP contribution < -0.4 is 4.74 Å². The van der Waals surface area contributed by atoms with E-state index in [1.54, 1.807) is 22.9 Å². The largest absolute Gasteiger partial charge is 0.470 e. The third kappa shape index (κ3) is 3.82. The van der Waals surface area contributed by atoms with Crippen LogP contribution in [0.4, 0.5) is 0 Å². The van der Waals surface area contributed by atoms with Gasteiger partial charge in [-0.3, -0.25) is 0 Å². The Balaban J connectivity index is 1.71. The van der Waals surface area contributed by atoms with Crippen LogP contribution in [0.3, 0.4) is 0 Å². The van der Waals surface area contributed by atoms with E-state index in [1.165, 1.54) is 0 Å². The first-order chi connectivity index (χ1) is 13.2. The minimum Gasteiger partial charge on any atom is -0.470 e. The molecule has 0 aliphatic carbocycles. The van der Waals surface area contributed by atoms with Crippen LogP contribution in [0.15, 0.2) is 78.9 Å². The van der Waals surface area contributed by atoms with Gasteiger partial charge in [-0.05, 0) is 18.2 Å². The minimum absolute atomic E-state index is 0.172. The van der Waals surface area contributed by atoms with Gasteiger partial charge in [0, 0.05) is 16.1 Å². The highest BCUT2D eigenvalue weighted by atomic mass is 35.5. The molecule has 0 amide bonds. The van der Waals surface area contributed by atoms with E-state index in [0.717, 1.165) is 22.5 Å². The van der Waals surface area contributed by atoms with E-state index in [2.05, 4.69) is 10.3 Å². The highest BCUT2D eigenvalue weighted by molar-refractivity contribution is 6.35. The third-order valence-electron chi connectivity index (χ3n) is 4.07. The monoisotopic (exact) mass is 395 g/mol. The van der Waals surface area contributed by atoms with E-state index in [4.69, 9.17) is 27.9 Å². The predicted molar refractivity (Wildman–Crippen MR) is 108 cm³/mol. The van der Waals surface area contributed by atoms with Crippen molar-refractivity contribution in [3.05, 3.63) is 88.9 Å². The van der Waals surface area contributed by atoms with Crippen LogP contribution in [0.2, 0.25) is 10.0 Å². The maximum absolute atomic E-state index is 6.20. The van der Waals surface area contributed by atoms with Crippen molar-refractivity contribution in [2.24, 2.45) is 0 Å². The Labute approximate surface area is 166 Å². The number of halogens is 2. The Kier molecular flexibility index (Phi) is 5.10. The van der Waals surface area contributed by atoms with Crippen molar-refractivity contribution < 1.29 is 4.74 Å². The van der Waals surface area contributed by atoms with Gasteiger partial charge in [0.1, 0.15) is 17.1 Å². The van der Waals surface area contributed by atoms with E-state index in [-0.39, 0.29) is 6.73 Å². The zero-order chi connectivity index (χ0) is 18.6. The lowest BCUT2D eigenvalue weighted by atomic mass is 10.0. The molecule has 4 nitrogen and oxygen atoms in total. The van der Waals surface area contributed by atoms with Crippen LogP contribution in [-0.2, 0) is 6.73 Å². The van der Waals surface area contributed by atoms with Crippen LogP contribution in [0.5, 0.6) is 5.75 Å². The molecule has 1 aromatic heterocycles. The summed E-state index contributed by atoms with van der Waals surface area (Å²) in [6.07, 6.45) is 0. The standard InChI is InChI=1S/C21H15Cl2N3O/c22-17-11-12-19(18(23)13-17)27-14-26-21(16-9-5-2-6-10-16)20(24-25-26)15-7-3-1-4-8-15/h1-13H,14H2. The number of hydrogen-bond acceptors (Lipinski definition) is 3. The summed E-state index contributed by atoms with van der Waals surface area (Å²) in [6, 6.07) is 25.1. The van der Waals surface area contributed by atoms with Gasteiger partial charge in [-0.15, -0.1) is 5.10 Å². The van der Waals surface area contributed by atoms with Crippen molar-refractivity contribution >= 4 is 23.2 Å². The lowest BCUT2D eigenvalue weighted by Gasteiger charge is -2.11. The number of hydrogen-bond donors (Lipinski definition) is 0. The lowest BCUT2D eigenvalue weighted by molar-refractivity contribution is 0.220. The predicted octanol–water partition coefficient (Wildman–Crippen LogP) is 5.96. The number of benzene rings is 3. The fourth-order valence-electron chi connectivity index (χ4n) is 2.80. The van der Waals surface area contributed by atoms with Crippen LogP contribution in [0.1, 0.15) is 0 Å². The second kappa shape index (κ2) is 7.82. The summed E-state index contributed by atoms with van der Waals surface area (Å²) >= 11 is 12.1. The normalized spacial score (nSPS) is 10.7. The van der Waals surface area contributed by atoms with Gasteiger partial charge in [0.25, 0.3) is 0 Å². The molecule has 4 aromatic rings. The fraction of sp³-hybridized carbons (Fsp3) is 0.0476. The molecular weight excluding hydrogens is 381 g/mol. The first-order valence-corrected chi connectivity index (χ1v) is 9.10. The first kappa shape index (κ1) is 17.6. The molecule has 134 valence electrons. The molecule has 1 heterocycles. The Bertz CT molecular complexity index is 1050. The molecule has 0 atom stereocenters. The van der Waals surface area contributed by atoms with Crippen LogP contribution in [-0.4, -0.2) is 15.0 Å². The third-order valence-corrected chi connectivity index (χ3v) is 4.60. The van der Waals surface area contributed by atoms with Gasteiger partial charge in [0.2, 0.25) is 0 Å². The summed E-state index contributed by atoms with van der Waals surface area (Å²) in [5.74, 6) is 0.539. The smallest absolute Gasteiger partial charge is 0.183 e. The Morgan fingerprint density at radius 3 is 2.15 bits per heavy atom. The summed E-state index contributed by atoms with van der Waals surface area (Å²) < 4.78 is 7.58. The zero-order valence-corrected chi connectivity index (χ0v) is 15.7. The molecule has 4 rings (SSSR count). The van der Waals surface area contributed by atoms with E-state index in [1.807, 2.05) is 60.7 Å². The molecule has 0 spiro atoms. The highest BCUT2D eigenvalue weighted by Crippen LogP contribution is 2.31. The van der Waals surface area contributed by atoms with Crippen molar-refractivity contribution in [2.75, 3.05) is 0 Å². The molecule has 6 heteroatoms. The lowest BCUT2D eigenvalue weighted by Crippen LogP contribution is -2.09. The van der Waals surface area contributed by atoms with E-state index >= 15 is 0 Å². The fourth-order valence-corrected chi connectivity index (χ4v) is 3.26. The van der Waals surface area contributed by atoms with Gasteiger partial charge < -0.3 is 4.74 Å². The first-order valence-electron chi connectivity index (χ1n) is 8.34. The van der Waals surface area contributed by atoms with Gasteiger partial charge in [-0.1, -0.05) is 89.1 Å². The molecule has 27 heavy (non-hydrogen) atoms. The van der Waals surface area contributed by atoms with Crippen molar-refractivity contribution in [1.29, 1.82) is 0 Å². The van der Waals surface area contributed by atoms with Gasteiger partial charge in [-0.25, -0.2) is 4.68 Å². The maximum Gasteiger partial charge on any atom is 0.183 e. The van der Waals surface area contributed by atoms with Gasteiger partial charge in [0.05, 0.1) is 5.02 Å². The molecule has 0 radical (unpaired) electrons. The molecule has 0 saturated heterocycles. The molecule has 0 aliphatic rings. The summed E-state index contributed by atoms with van der Waals surface area (Å²) in [5.41, 5.74) is 3.68. The molecule has 3 aromatic carbocycles. The summed E-state index contributed by atoms with van der Waals surface area (Å²) in [7, 11) is 0. The molecule has 0 bridgehead atoms. The minimum atomic E-state index is 0.172. The molecule has 0 aliphatic heterocycles. The van der Waals surface area contributed by atoms with Crippen molar-refractivity contribution in [2.45, 2.75) is 6.73 Å². The van der Waals surface area contributed by atoms with Crippen LogP contribution >= 0.6 is 23.2 Å². The van der Waals surface area contributed by atoms with Crippen LogP contribution in [0.25, 0.3) is 22.5 Å². The van der Waals surface area contributed by atoms with Crippen LogP contribution in [0, 0.1) is 0 Å². The van der Waals surface area contributed by atoms with E-state index in [0.29, 0.717) is 15.8 Å². The van der Waals surface area contributed by atoms with Crippen molar-refractivity contribution in [3.63, 3.8) is 0 Å². The average molecular weight is 396 g/mol. The number of ether oxygens (including phenoxy) is 1. The quantitative estimate of drug-likeness (QED) is 0.418. The van der Waals surface area contributed by atoms with E-state index < -0.39 is 0 Å². The van der Waals surface area contributed by atoms with E-state index in [9.17, 15) is 0 Å². The Morgan fingerprint density at radius 1 is 0.815 bits per heavy atom. The molecular formula is C21H15Cl2N3O. The van der Waals surface area contributed by atoms with Gasteiger partial charge in [-0.2, -0.15) is 0 Å². The second-order valence-corrected chi connectivity index (χ2v) is 6.71. The Hall–Kier alpha value is -2.82. The Morgan fingerprint density at radius 2 is 1.48 bits per heavy atom. The van der Waals surface area contributed by atoms with Gasteiger partial charge in [0.15, 0.2) is 6.73 Å². The number of nitrogens with zero attached hydrogens (tertiary/aromatic N) is 3. The zero-order valence-electron chi connectivity index (χ0n) is 14.2.